The molecule has 170 valence electrons. The van der Waals surface area contributed by atoms with Crippen LogP contribution < -0.4 is 14.2 Å². The molecule has 34 heavy (non-hydrogen) atoms. The lowest BCUT2D eigenvalue weighted by atomic mass is 10.1. The van der Waals surface area contributed by atoms with Gasteiger partial charge in [0.25, 0.3) is 0 Å². The third kappa shape index (κ3) is 3.81. The summed E-state index contributed by atoms with van der Waals surface area (Å²) in [7, 11) is 1.52. The highest BCUT2D eigenvalue weighted by atomic mass is 35.5. The van der Waals surface area contributed by atoms with Crippen LogP contribution in [-0.2, 0) is 0 Å². The van der Waals surface area contributed by atoms with Gasteiger partial charge in [0, 0.05) is 10.9 Å². The molecule has 3 aromatic carbocycles. The molecule has 4 aromatic rings. The fourth-order valence-electron chi connectivity index (χ4n) is 3.68. The fraction of sp³-hybridized carbons (Fsp3) is 0.0769. The summed E-state index contributed by atoms with van der Waals surface area (Å²) in [6.45, 7) is 1.71. The van der Waals surface area contributed by atoms with Crippen molar-refractivity contribution in [2.75, 3.05) is 7.11 Å². The normalized spacial score (nSPS) is 13.8. The zero-order valence-electron chi connectivity index (χ0n) is 18.0. The standard InChI is InChI=1S/C26H16Cl2O6/c1-13-19(34-26(30)22-12-15-4-3-5-20(31-2)25(15)33-22)9-7-16-23(29)21(32-24(13)16)11-14-6-8-17(27)18(28)10-14/h3-12H,1-2H3/b21-11-. The van der Waals surface area contributed by atoms with Gasteiger partial charge < -0.3 is 18.6 Å². The second-order valence-electron chi connectivity index (χ2n) is 7.56. The first-order valence-electron chi connectivity index (χ1n) is 10.2. The number of hydrogen-bond acceptors (Lipinski definition) is 6. The van der Waals surface area contributed by atoms with Crippen LogP contribution in [0.2, 0.25) is 10.0 Å². The Morgan fingerprint density at radius 3 is 2.59 bits per heavy atom. The smallest absolute Gasteiger partial charge is 0.379 e. The summed E-state index contributed by atoms with van der Waals surface area (Å²) in [4.78, 5) is 25.6. The maximum atomic E-state index is 12.8. The second-order valence-corrected chi connectivity index (χ2v) is 8.37. The minimum Gasteiger partial charge on any atom is -0.493 e. The summed E-state index contributed by atoms with van der Waals surface area (Å²) in [6.07, 6.45) is 1.58. The van der Waals surface area contributed by atoms with Gasteiger partial charge in [0.05, 0.1) is 22.7 Å². The van der Waals surface area contributed by atoms with E-state index in [0.29, 0.717) is 49.2 Å². The molecule has 1 aromatic heterocycles. The minimum atomic E-state index is -0.683. The number of hydrogen-bond donors (Lipinski definition) is 0. The monoisotopic (exact) mass is 494 g/mol. The number of rotatable bonds is 4. The van der Waals surface area contributed by atoms with Crippen LogP contribution in [0.5, 0.6) is 17.2 Å². The maximum absolute atomic E-state index is 12.8. The van der Waals surface area contributed by atoms with E-state index in [1.165, 1.54) is 7.11 Å². The van der Waals surface area contributed by atoms with Crippen molar-refractivity contribution in [2.24, 2.45) is 0 Å². The number of esters is 1. The van der Waals surface area contributed by atoms with E-state index < -0.39 is 5.97 Å². The summed E-state index contributed by atoms with van der Waals surface area (Å²) < 4.78 is 22.3. The molecule has 2 heterocycles. The fourth-order valence-corrected chi connectivity index (χ4v) is 3.99. The SMILES string of the molecule is COc1cccc2cc(C(=O)Oc3ccc4c(c3C)O/C(=C\c3ccc(Cl)c(Cl)c3)C4=O)oc12. The number of fused-ring (bicyclic) bond motifs is 2. The van der Waals surface area contributed by atoms with E-state index in [4.69, 9.17) is 41.8 Å². The quantitative estimate of drug-likeness (QED) is 0.174. The lowest BCUT2D eigenvalue weighted by Gasteiger charge is -2.09. The van der Waals surface area contributed by atoms with Crippen molar-refractivity contribution >= 4 is 52.0 Å². The highest BCUT2D eigenvalue weighted by Gasteiger charge is 2.31. The molecule has 1 aliphatic rings. The van der Waals surface area contributed by atoms with Gasteiger partial charge >= 0.3 is 5.97 Å². The van der Waals surface area contributed by atoms with Crippen LogP contribution in [0, 0.1) is 6.92 Å². The van der Waals surface area contributed by atoms with Crippen molar-refractivity contribution < 1.29 is 28.2 Å². The molecule has 0 spiro atoms. The zero-order valence-corrected chi connectivity index (χ0v) is 19.5. The van der Waals surface area contributed by atoms with Gasteiger partial charge in [0.2, 0.25) is 11.5 Å². The number of methoxy groups -OCH3 is 1. The average Bonchev–Trinajstić information content (AvgIpc) is 3.40. The topological polar surface area (TPSA) is 75.0 Å². The Balaban J connectivity index is 1.42. The first-order valence-corrected chi connectivity index (χ1v) is 10.9. The Bertz CT molecular complexity index is 1520. The minimum absolute atomic E-state index is 0.0246. The largest absolute Gasteiger partial charge is 0.493 e. The van der Waals surface area contributed by atoms with Gasteiger partial charge in [-0.05, 0) is 55.0 Å². The highest BCUT2D eigenvalue weighted by Crippen LogP contribution is 2.40. The molecule has 0 atom stereocenters. The van der Waals surface area contributed by atoms with E-state index in [0.717, 1.165) is 0 Å². The molecule has 0 aliphatic carbocycles. The predicted molar refractivity (Wildman–Crippen MR) is 128 cm³/mol. The number of Topliss-reactive ketones (excluding diaryl/α,β-unsaturated/α-hetero) is 1. The van der Waals surface area contributed by atoms with Gasteiger partial charge in [-0.25, -0.2) is 4.79 Å². The Morgan fingerprint density at radius 2 is 1.82 bits per heavy atom. The van der Waals surface area contributed by atoms with Gasteiger partial charge in [-0.15, -0.1) is 0 Å². The number of halogens is 2. The number of ether oxygens (including phenoxy) is 3. The molecule has 0 radical (unpaired) electrons. The molecule has 6 nitrogen and oxygen atoms in total. The average molecular weight is 495 g/mol. The Labute approximate surface area is 204 Å². The lowest BCUT2D eigenvalue weighted by Crippen LogP contribution is -2.08. The summed E-state index contributed by atoms with van der Waals surface area (Å²) in [5.74, 6) is 0.274. The van der Waals surface area contributed by atoms with E-state index >= 15 is 0 Å². The van der Waals surface area contributed by atoms with Crippen molar-refractivity contribution in [3.8, 4) is 17.2 Å². The number of carbonyl (C=O) groups excluding carboxylic acids is 2. The van der Waals surface area contributed by atoms with Crippen LogP contribution in [0.25, 0.3) is 17.0 Å². The van der Waals surface area contributed by atoms with Gasteiger partial charge in [-0.3, -0.25) is 4.79 Å². The summed E-state index contributed by atoms with van der Waals surface area (Å²) in [5, 5.41) is 1.49. The van der Waals surface area contributed by atoms with Gasteiger partial charge in [-0.2, -0.15) is 0 Å². The van der Waals surface area contributed by atoms with Crippen LogP contribution in [0.3, 0.4) is 0 Å². The number of benzene rings is 3. The molecule has 1 aliphatic heterocycles. The highest BCUT2D eigenvalue weighted by molar-refractivity contribution is 6.42. The molecular formula is C26H16Cl2O6. The third-order valence-electron chi connectivity index (χ3n) is 5.41. The Morgan fingerprint density at radius 1 is 1.00 bits per heavy atom. The number of carbonyl (C=O) groups is 2. The number of allylic oxidation sites excluding steroid dienone is 1. The van der Waals surface area contributed by atoms with E-state index in [2.05, 4.69) is 0 Å². The maximum Gasteiger partial charge on any atom is 0.379 e. The first-order chi connectivity index (χ1) is 16.4. The van der Waals surface area contributed by atoms with Crippen LogP contribution in [0.4, 0.5) is 0 Å². The van der Waals surface area contributed by atoms with Crippen molar-refractivity contribution in [2.45, 2.75) is 6.92 Å². The number of ketones is 1. The van der Waals surface area contributed by atoms with E-state index in [-0.39, 0.29) is 23.1 Å². The molecule has 0 saturated carbocycles. The van der Waals surface area contributed by atoms with Gasteiger partial charge in [0.1, 0.15) is 11.5 Å². The zero-order chi connectivity index (χ0) is 24.0. The molecule has 0 unspecified atom stereocenters. The molecule has 0 fully saturated rings. The van der Waals surface area contributed by atoms with E-state index in [9.17, 15) is 9.59 Å². The van der Waals surface area contributed by atoms with E-state index in [1.807, 2.05) is 0 Å². The molecule has 0 saturated heterocycles. The summed E-state index contributed by atoms with van der Waals surface area (Å²) in [5.41, 5.74) is 1.99. The van der Waals surface area contributed by atoms with Crippen LogP contribution in [-0.4, -0.2) is 18.9 Å². The molecule has 8 heteroatoms. The first kappa shape index (κ1) is 22.1. The van der Waals surface area contributed by atoms with Crippen molar-refractivity contribution in [3.63, 3.8) is 0 Å². The third-order valence-corrected chi connectivity index (χ3v) is 6.15. The Kier molecular flexibility index (Phi) is 5.55. The molecule has 5 rings (SSSR count). The summed E-state index contributed by atoms with van der Waals surface area (Å²) >= 11 is 12.0. The molecule has 0 amide bonds. The molecule has 0 N–H and O–H groups in total. The Hall–Kier alpha value is -3.74. The molecular weight excluding hydrogens is 479 g/mol. The van der Waals surface area contributed by atoms with Crippen LogP contribution >= 0.6 is 23.2 Å². The van der Waals surface area contributed by atoms with Gasteiger partial charge in [0.15, 0.2) is 17.1 Å². The lowest BCUT2D eigenvalue weighted by molar-refractivity contribution is 0.0702. The number of para-hydroxylation sites is 1. The van der Waals surface area contributed by atoms with Crippen molar-refractivity contribution in [3.05, 3.63) is 92.9 Å². The van der Waals surface area contributed by atoms with Crippen LogP contribution in [0.1, 0.15) is 32.0 Å². The van der Waals surface area contributed by atoms with Crippen LogP contribution in [0.15, 0.2) is 64.8 Å². The second kappa shape index (κ2) is 8.56. The van der Waals surface area contributed by atoms with Crippen molar-refractivity contribution in [1.82, 2.24) is 0 Å². The van der Waals surface area contributed by atoms with Crippen molar-refractivity contribution in [1.29, 1.82) is 0 Å². The predicted octanol–water partition coefficient (Wildman–Crippen LogP) is 6.89. The summed E-state index contributed by atoms with van der Waals surface area (Å²) in [6, 6.07) is 15.0. The van der Waals surface area contributed by atoms with E-state index in [1.54, 1.807) is 67.6 Å². The number of furan rings is 1. The molecule has 0 bridgehead atoms. The van der Waals surface area contributed by atoms with Gasteiger partial charge in [-0.1, -0.05) is 41.4 Å².